The van der Waals surface area contributed by atoms with Gasteiger partial charge in [0, 0.05) is 5.56 Å². The third kappa shape index (κ3) is 5.54. The lowest BCUT2D eigenvalue weighted by Gasteiger charge is -2.24. The number of thiazole rings is 1. The standard InChI is InChI=1S/C29H32N2O5S/c1-6-18(4)36-23-12-10-9-11-21(23)17-24-27(32)31-26(20-13-15-22(16-14-20)34-7-2)25(28(33)35-8-3)19(5)30-29(31)37-24/h9-18,26H,6-8H2,1-5H3/b24-17-/t18-,26-/m1/s1. The molecule has 4 rings (SSSR count). The number of carbonyl (C=O) groups is 1. The molecule has 0 bridgehead atoms. The third-order valence-corrected chi connectivity index (χ3v) is 7.12. The second kappa shape index (κ2) is 11.6. The third-order valence-electron chi connectivity index (χ3n) is 6.13. The van der Waals surface area contributed by atoms with Crippen LogP contribution in [0, 0.1) is 0 Å². The number of esters is 1. The highest BCUT2D eigenvalue weighted by Gasteiger charge is 2.33. The number of para-hydroxylation sites is 1. The van der Waals surface area contributed by atoms with Gasteiger partial charge in [-0.3, -0.25) is 9.36 Å². The molecular weight excluding hydrogens is 488 g/mol. The zero-order valence-corrected chi connectivity index (χ0v) is 22.6. The first-order valence-electron chi connectivity index (χ1n) is 12.6. The molecule has 7 nitrogen and oxygen atoms in total. The molecule has 0 fully saturated rings. The smallest absolute Gasteiger partial charge is 0.338 e. The number of rotatable bonds is 9. The molecule has 0 saturated carbocycles. The Morgan fingerprint density at radius 1 is 1.11 bits per heavy atom. The first kappa shape index (κ1) is 26.4. The van der Waals surface area contributed by atoms with Crippen molar-refractivity contribution in [1.82, 2.24) is 4.57 Å². The van der Waals surface area contributed by atoms with Crippen molar-refractivity contribution < 1.29 is 19.0 Å². The topological polar surface area (TPSA) is 79.1 Å². The maximum Gasteiger partial charge on any atom is 0.338 e. The molecule has 2 aromatic carbocycles. The molecule has 0 spiro atoms. The summed E-state index contributed by atoms with van der Waals surface area (Å²) in [6.45, 7) is 10.3. The molecule has 0 saturated heterocycles. The number of benzene rings is 2. The number of ether oxygens (including phenoxy) is 3. The molecule has 8 heteroatoms. The van der Waals surface area contributed by atoms with E-state index in [-0.39, 0.29) is 18.3 Å². The number of hydrogen-bond donors (Lipinski definition) is 0. The van der Waals surface area contributed by atoms with Gasteiger partial charge in [0.2, 0.25) is 0 Å². The van der Waals surface area contributed by atoms with Crippen LogP contribution in [0.4, 0.5) is 0 Å². The molecule has 1 aliphatic rings. The monoisotopic (exact) mass is 520 g/mol. The highest BCUT2D eigenvalue weighted by Crippen LogP contribution is 2.31. The minimum Gasteiger partial charge on any atom is -0.494 e. The Kier molecular flexibility index (Phi) is 8.28. The van der Waals surface area contributed by atoms with Crippen LogP contribution in [-0.4, -0.2) is 29.9 Å². The minimum atomic E-state index is -0.667. The van der Waals surface area contributed by atoms with E-state index in [1.165, 1.54) is 11.3 Å². The summed E-state index contributed by atoms with van der Waals surface area (Å²) >= 11 is 1.29. The van der Waals surface area contributed by atoms with Crippen molar-refractivity contribution >= 4 is 23.4 Å². The first-order valence-corrected chi connectivity index (χ1v) is 13.4. The molecule has 37 heavy (non-hydrogen) atoms. The molecule has 3 aromatic rings. The lowest BCUT2D eigenvalue weighted by Crippen LogP contribution is -2.39. The van der Waals surface area contributed by atoms with E-state index < -0.39 is 12.0 Å². The molecule has 0 unspecified atom stereocenters. The molecule has 194 valence electrons. The van der Waals surface area contributed by atoms with Crippen LogP contribution in [0.15, 0.2) is 69.6 Å². The van der Waals surface area contributed by atoms with E-state index in [1.54, 1.807) is 18.4 Å². The summed E-state index contributed by atoms with van der Waals surface area (Å²) in [6.07, 6.45) is 2.75. The van der Waals surface area contributed by atoms with Crippen LogP contribution in [-0.2, 0) is 9.53 Å². The van der Waals surface area contributed by atoms with Gasteiger partial charge in [-0.2, -0.15) is 0 Å². The van der Waals surface area contributed by atoms with Gasteiger partial charge in [0.05, 0.1) is 41.2 Å². The van der Waals surface area contributed by atoms with E-state index >= 15 is 0 Å². The maximum absolute atomic E-state index is 13.8. The van der Waals surface area contributed by atoms with Gasteiger partial charge in [-0.25, -0.2) is 9.79 Å². The Morgan fingerprint density at radius 2 is 1.84 bits per heavy atom. The second-order valence-corrected chi connectivity index (χ2v) is 9.69. The maximum atomic E-state index is 13.8. The highest BCUT2D eigenvalue weighted by molar-refractivity contribution is 7.07. The van der Waals surface area contributed by atoms with Crippen LogP contribution in [0.2, 0.25) is 0 Å². The Labute approximate surface area is 220 Å². The van der Waals surface area contributed by atoms with Gasteiger partial charge >= 0.3 is 5.97 Å². The lowest BCUT2D eigenvalue weighted by atomic mass is 9.96. The summed E-state index contributed by atoms with van der Waals surface area (Å²) in [4.78, 5) is 32.1. The fraction of sp³-hybridized carbons (Fsp3) is 0.345. The summed E-state index contributed by atoms with van der Waals surface area (Å²) in [5.41, 5.74) is 2.24. The predicted molar refractivity (Wildman–Crippen MR) is 145 cm³/mol. The van der Waals surface area contributed by atoms with Crippen molar-refractivity contribution in [2.45, 2.75) is 53.2 Å². The first-order chi connectivity index (χ1) is 17.9. The van der Waals surface area contributed by atoms with E-state index in [0.29, 0.717) is 33.0 Å². The van der Waals surface area contributed by atoms with Crippen LogP contribution < -0.4 is 24.4 Å². The van der Waals surface area contributed by atoms with Crippen LogP contribution >= 0.6 is 11.3 Å². The largest absolute Gasteiger partial charge is 0.494 e. The molecule has 0 aliphatic carbocycles. The fourth-order valence-electron chi connectivity index (χ4n) is 4.17. The Morgan fingerprint density at radius 3 is 2.51 bits per heavy atom. The van der Waals surface area contributed by atoms with Crippen molar-refractivity contribution in [2.24, 2.45) is 4.99 Å². The van der Waals surface area contributed by atoms with Crippen molar-refractivity contribution in [3.63, 3.8) is 0 Å². The van der Waals surface area contributed by atoms with Gasteiger partial charge in [-0.05, 0) is 64.0 Å². The summed E-state index contributed by atoms with van der Waals surface area (Å²) in [5, 5.41) is 0. The number of hydrogen-bond acceptors (Lipinski definition) is 7. The zero-order chi connectivity index (χ0) is 26.5. The summed E-state index contributed by atoms with van der Waals surface area (Å²) in [7, 11) is 0. The van der Waals surface area contributed by atoms with Crippen molar-refractivity contribution in [3.05, 3.63) is 90.6 Å². The van der Waals surface area contributed by atoms with Crippen molar-refractivity contribution in [2.75, 3.05) is 13.2 Å². The average Bonchev–Trinajstić information content (AvgIpc) is 3.19. The second-order valence-electron chi connectivity index (χ2n) is 8.68. The van der Waals surface area contributed by atoms with Crippen LogP contribution in [0.3, 0.4) is 0 Å². The van der Waals surface area contributed by atoms with Crippen LogP contribution in [0.1, 0.15) is 58.2 Å². The number of fused-ring (bicyclic) bond motifs is 1. The lowest BCUT2D eigenvalue weighted by molar-refractivity contribution is -0.139. The summed E-state index contributed by atoms with van der Waals surface area (Å²) in [6, 6.07) is 14.4. The summed E-state index contributed by atoms with van der Waals surface area (Å²) < 4.78 is 19.1. The Hall–Kier alpha value is -3.65. The SMILES string of the molecule is CCOC(=O)C1=C(C)N=c2s/c(=C\c3ccccc3O[C@H](C)CC)c(=O)n2[C@@H]1c1ccc(OCC)cc1. The molecule has 0 amide bonds. The van der Waals surface area contributed by atoms with Gasteiger partial charge in [-0.1, -0.05) is 48.6 Å². The molecule has 0 radical (unpaired) electrons. The quantitative estimate of drug-likeness (QED) is 0.392. The number of aromatic nitrogens is 1. The number of nitrogens with zero attached hydrogens (tertiary/aromatic N) is 2. The van der Waals surface area contributed by atoms with Crippen molar-refractivity contribution in [3.8, 4) is 11.5 Å². The molecule has 1 aliphatic heterocycles. The zero-order valence-electron chi connectivity index (χ0n) is 21.8. The van der Waals surface area contributed by atoms with Gasteiger partial charge in [0.1, 0.15) is 11.5 Å². The molecule has 0 N–H and O–H groups in total. The minimum absolute atomic E-state index is 0.0465. The fourth-order valence-corrected chi connectivity index (χ4v) is 5.21. The molecule has 1 aromatic heterocycles. The average molecular weight is 521 g/mol. The molecular formula is C29H32N2O5S. The highest BCUT2D eigenvalue weighted by atomic mass is 32.1. The van der Waals surface area contributed by atoms with E-state index in [0.717, 1.165) is 23.3 Å². The normalized spacial score (nSPS) is 16.1. The molecule has 2 atom stereocenters. The number of allylic oxidation sites excluding steroid dienone is 1. The van der Waals surface area contributed by atoms with Gasteiger partial charge < -0.3 is 14.2 Å². The van der Waals surface area contributed by atoms with Gasteiger partial charge in [-0.15, -0.1) is 0 Å². The van der Waals surface area contributed by atoms with Crippen LogP contribution in [0.5, 0.6) is 11.5 Å². The Balaban J connectivity index is 1.89. The van der Waals surface area contributed by atoms with Crippen LogP contribution in [0.25, 0.3) is 6.08 Å². The number of carbonyl (C=O) groups excluding carboxylic acids is 1. The summed E-state index contributed by atoms with van der Waals surface area (Å²) in [5.74, 6) is 0.952. The molecule has 2 heterocycles. The van der Waals surface area contributed by atoms with E-state index in [1.807, 2.05) is 68.5 Å². The van der Waals surface area contributed by atoms with Gasteiger partial charge in [0.15, 0.2) is 4.80 Å². The predicted octanol–water partition coefficient (Wildman–Crippen LogP) is 4.37. The van der Waals surface area contributed by atoms with Crippen molar-refractivity contribution in [1.29, 1.82) is 0 Å². The van der Waals surface area contributed by atoms with E-state index in [4.69, 9.17) is 14.2 Å². The van der Waals surface area contributed by atoms with E-state index in [9.17, 15) is 9.59 Å². The van der Waals surface area contributed by atoms with Gasteiger partial charge in [0.25, 0.3) is 5.56 Å². The Bertz CT molecular complexity index is 1480. The van der Waals surface area contributed by atoms with E-state index in [2.05, 4.69) is 11.9 Å².